The normalized spacial score (nSPS) is 10.9. The summed E-state index contributed by atoms with van der Waals surface area (Å²) in [5.74, 6) is 0.0132. The highest BCUT2D eigenvalue weighted by atomic mass is 19.1. The Bertz CT molecular complexity index is 953. The lowest BCUT2D eigenvalue weighted by atomic mass is 10.2. The molecule has 0 unspecified atom stereocenters. The van der Waals surface area contributed by atoms with E-state index in [1.807, 2.05) is 26.0 Å². The van der Waals surface area contributed by atoms with Crippen LogP contribution in [0.1, 0.15) is 13.8 Å². The summed E-state index contributed by atoms with van der Waals surface area (Å²) >= 11 is 0. The fraction of sp³-hybridized carbons (Fsp3) is 0.286. The zero-order valence-electron chi connectivity index (χ0n) is 16.6. The second-order valence-electron chi connectivity index (χ2n) is 6.67. The van der Waals surface area contributed by atoms with E-state index in [0.717, 1.165) is 5.69 Å². The molecule has 7 nitrogen and oxygen atoms in total. The Morgan fingerprint density at radius 1 is 1.10 bits per heavy atom. The minimum absolute atomic E-state index is 0.0562. The lowest BCUT2D eigenvalue weighted by Gasteiger charge is -2.09. The molecule has 1 amide bonds. The van der Waals surface area contributed by atoms with Gasteiger partial charge in [0.05, 0.1) is 12.3 Å². The number of halogens is 1. The van der Waals surface area contributed by atoms with Crippen molar-refractivity contribution in [2.24, 2.45) is 5.92 Å². The zero-order chi connectivity index (χ0) is 20.8. The quantitative estimate of drug-likeness (QED) is 0.586. The zero-order valence-corrected chi connectivity index (χ0v) is 16.6. The van der Waals surface area contributed by atoms with E-state index in [4.69, 9.17) is 9.47 Å². The molecule has 3 rings (SSSR count). The van der Waals surface area contributed by atoms with Gasteiger partial charge in [-0.15, -0.1) is 5.10 Å². The van der Waals surface area contributed by atoms with Crippen molar-refractivity contribution in [1.29, 1.82) is 0 Å². The van der Waals surface area contributed by atoms with Crippen LogP contribution in [0.15, 0.2) is 48.5 Å². The maximum Gasteiger partial charge on any atom is 0.336 e. The third kappa shape index (κ3) is 5.17. The fourth-order valence-corrected chi connectivity index (χ4v) is 2.51. The molecule has 1 aromatic heterocycles. The van der Waals surface area contributed by atoms with E-state index in [-0.39, 0.29) is 23.7 Å². The number of hydrogen-bond donors (Lipinski definition) is 1. The second kappa shape index (κ2) is 9.29. The van der Waals surface area contributed by atoms with Gasteiger partial charge in [-0.2, -0.15) is 4.98 Å². The molecule has 0 aliphatic heterocycles. The van der Waals surface area contributed by atoms with Crippen molar-refractivity contribution >= 4 is 11.6 Å². The average molecular weight is 398 g/mol. The Kier molecular flexibility index (Phi) is 6.56. The van der Waals surface area contributed by atoms with Crippen LogP contribution in [0.2, 0.25) is 0 Å². The maximum atomic E-state index is 13.3. The third-order valence-corrected chi connectivity index (χ3v) is 4.11. The molecule has 29 heavy (non-hydrogen) atoms. The van der Waals surface area contributed by atoms with Crippen LogP contribution in [0.4, 0.5) is 10.1 Å². The first-order chi connectivity index (χ1) is 14.0. The molecule has 0 atom stereocenters. The first-order valence-electron chi connectivity index (χ1n) is 9.24. The van der Waals surface area contributed by atoms with Crippen molar-refractivity contribution in [3.05, 3.63) is 54.3 Å². The number of ether oxygens (including phenoxy) is 2. The van der Waals surface area contributed by atoms with Crippen molar-refractivity contribution in [2.75, 3.05) is 25.6 Å². The Labute approximate surface area is 168 Å². The standard InChI is InChI=1S/C21H23FN4O3/c1-14(2)20(27)23-17-8-10-18(11-9-17)26-19(15-4-6-16(22)7-5-15)24-21(25-26)29-13-12-28-3/h4-11,14H,12-13H2,1-3H3,(H,23,27). The van der Waals surface area contributed by atoms with Crippen LogP contribution in [0.25, 0.3) is 17.1 Å². The number of aromatic nitrogens is 3. The van der Waals surface area contributed by atoms with E-state index >= 15 is 0 Å². The van der Waals surface area contributed by atoms with E-state index in [2.05, 4.69) is 15.4 Å². The van der Waals surface area contributed by atoms with Crippen LogP contribution < -0.4 is 10.1 Å². The Morgan fingerprint density at radius 3 is 2.41 bits per heavy atom. The number of anilines is 1. The van der Waals surface area contributed by atoms with Crippen molar-refractivity contribution in [2.45, 2.75) is 13.8 Å². The lowest BCUT2D eigenvalue weighted by Crippen LogP contribution is -2.17. The van der Waals surface area contributed by atoms with Gasteiger partial charge < -0.3 is 14.8 Å². The van der Waals surface area contributed by atoms with Gasteiger partial charge in [0.1, 0.15) is 12.4 Å². The summed E-state index contributed by atoms with van der Waals surface area (Å²) in [7, 11) is 1.58. The Balaban J connectivity index is 1.91. The van der Waals surface area contributed by atoms with E-state index in [9.17, 15) is 9.18 Å². The third-order valence-electron chi connectivity index (χ3n) is 4.11. The van der Waals surface area contributed by atoms with Crippen LogP contribution >= 0.6 is 0 Å². The number of amides is 1. The maximum absolute atomic E-state index is 13.3. The molecule has 0 saturated carbocycles. The molecule has 0 spiro atoms. The number of benzene rings is 2. The predicted octanol–water partition coefficient (Wildman–Crippen LogP) is 3.69. The largest absolute Gasteiger partial charge is 0.460 e. The number of hydrogen-bond acceptors (Lipinski definition) is 5. The van der Waals surface area contributed by atoms with Crippen LogP contribution in [0.3, 0.4) is 0 Å². The molecule has 2 aromatic carbocycles. The van der Waals surface area contributed by atoms with Crippen LogP contribution in [0, 0.1) is 11.7 Å². The number of carbonyl (C=O) groups is 1. The Morgan fingerprint density at radius 2 is 1.79 bits per heavy atom. The smallest absolute Gasteiger partial charge is 0.336 e. The highest BCUT2D eigenvalue weighted by Gasteiger charge is 2.15. The second-order valence-corrected chi connectivity index (χ2v) is 6.67. The van der Waals surface area contributed by atoms with Gasteiger partial charge in [0.15, 0.2) is 5.82 Å². The van der Waals surface area contributed by atoms with Gasteiger partial charge >= 0.3 is 6.01 Å². The van der Waals surface area contributed by atoms with E-state index in [0.29, 0.717) is 30.3 Å². The summed E-state index contributed by atoms with van der Waals surface area (Å²) in [6, 6.07) is 13.4. The minimum Gasteiger partial charge on any atom is -0.460 e. The molecule has 0 saturated heterocycles. The first-order valence-corrected chi connectivity index (χ1v) is 9.24. The number of nitrogens with zero attached hydrogens (tertiary/aromatic N) is 3. The lowest BCUT2D eigenvalue weighted by molar-refractivity contribution is -0.118. The van der Waals surface area contributed by atoms with E-state index in [1.54, 1.807) is 36.1 Å². The molecule has 0 radical (unpaired) electrons. The highest BCUT2D eigenvalue weighted by molar-refractivity contribution is 5.92. The topological polar surface area (TPSA) is 78.3 Å². The van der Waals surface area contributed by atoms with Gasteiger partial charge in [-0.25, -0.2) is 9.07 Å². The molecular weight excluding hydrogens is 375 g/mol. The van der Waals surface area contributed by atoms with Gasteiger partial charge in [0.25, 0.3) is 0 Å². The van der Waals surface area contributed by atoms with Crippen LogP contribution in [-0.2, 0) is 9.53 Å². The van der Waals surface area contributed by atoms with Crippen molar-refractivity contribution in [1.82, 2.24) is 14.8 Å². The monoisotopic (exact) mass is 398 g/mol. The molecule has 152 valence electrons. The molecule has 3 aromatic rings. The molecule has 0 aliphatic carbocycles. The summed E-state index contributed by atoms with van der Waals surface area (Å²) in [6.07, 6.45) is 0. The van der Waals surface area contributed by atoms with E-state index < -0.39 is 0 Å². The summed E-state index contributed by atoms with van der Waals surface area (Å²) in [5.41, 5.74) is 2.10. The average Bonchev–Trinajstić information content (AvgIpc) is 3.13. The van der Waals surface area contributed by atoms with Gasteiger partial charge in [-0.1, -0.05) is 13.8 Å². The van der Waals surface area contributed by atoms with Crippen molar-refractivity contribution in [3.63, 3.8) is 0 Å². The molecule has 0 fully saturated rings. The van der Waals surface area contributed by atoms with Gasteiger partial charge in [-0.05, 0) is 48.5 Å². The summed E-state index contributed by atoms with van der Waals surface area (Å²) in [5, 5.41) is 7.26. The predicted molar refractivity (Wildman–Crippen MR) is 108 cm³/mol. The van der Waals surface area contributed by atoms with Crippen LogP contribution in [-0.4, -0.2) is 41.0 Å². The fourth-order valence-electron chi connectivity index (χ4n) is 2.51. The summed E-state index contributed by atoms with van der Waals surface area (Å²) in [6.45, 7) is 4.38. The van der Waals surface area contributed by atoms with Crippen molar-refractivity contribution < 1.29 is 18.7 Å². The first kappa shape index (κ1) is 20.5. The van der Waals surface area contributed by atoms with Gasteiger partial charge in [0.2, 0.25) is 5.91 Å². The molecular formula is C21H23FN4O3. The Hall–Kier alpha value is -3.26. The molecule has 8 heteroatoms. The van der Waals surface area contributed by atoms with Crippen molar-refractivity contribution in [3.8, 4) is 23.1 Å². The number of nitrogens with one attached hydrogen (secondary N) is 1. The molecule has 0 aliphatic rings. The minimum atomic E-state index is -0.332. The summed E-state index contributed by atoms with van der Waals surface area (Å²) < 4.78 is 25.5. The molecule has 0 bridgehead atoms. The number of methoxy groups -OCH3 is 1. The molecule has 1 heterocycles. The van der Waals surface area contributed by atoms with Gasteiger partial charge in [-0.3, -0.25) is 4.79 Å². The number of carbonyl (C=O) groups excluding carboxylic acids is 1. The van der Waals surface area contributed by atoms with Gasteiger partial charge in [0, 0.05) is 24.3 Å². The molecule has 1 N–H and O–H groups in total. The summed E-state index contributed by atoms with van der Waals surface area (Å²) in [4.78, 5) is 16.3. The SMILES string of the molecule is COCCOc1nc(-c2ccc(F)cc2)n(-c2ccc(NC(=O)C(C)C)cc2)n1. The number of rotatable bonds is 8. The van der Waals surface area contributed by atoms with Crippen LogP contribution in [0.5, 0.6) is 6.01 Å². The highest BCUT2D eigenvalue weighted by Crippen LogP contribution is 2.25. The van der Waals surface area contributed by atoms with E-state index in [1.165, 1.54) is 12.1 Å².